The van der Waals surface area contributed by atoms with Crippen LogP contribution in [0.25, 0.3) is 0 Å². The van der Waals surface area contributed by atoms with Gasteiger partial charge < -0.3 is 51.7 Å². The number of aliphatic hydroxyl groups excluding tert-OH is 4. The summed E-state index contributed by atoms with van der Waals surface area (Å²) in [5, 5.41) is 101. The van der Waals surface area contributed by atoms with Gasteiger partial charge in [-0.1, -0.05) is 12.1 Å². The summed E-state index contributed by atoms with van der Waals surface area (Å²) in [4.78, 5) is 83.1. The van der Waals surface area contributed by atoms with Crippen LogP contribution in [0.3, 0.4) is 0 Å². The van der Waals surface area contributed by atoms with E-state index in [9.17, 15) is 74.7 Å². The molecule has 0 bridgehead atoms. The van der Waals surface area contributed by atoms with Gasteiger partial charge in [0.05, 0.1) is 23.2 Å². The third-order valence-corrected chi connectivity index (χ3v) is 14.0. The zero-order valence-corrected chi connectivity index (χ0v) is 34.0. The number of hydrogen-bond acceptors (Lipinski definition) is 16. The van der Waals surface area contributed by atoms with Crippen LogP contribution >= 0.6 is 0 Å². The summed E-state index contributed by atoms with van der Waals surface area (Å²) in [5.74, 6) is -16.3. The molecule has 62 heavy (non-hydrogen) atoms. The molecule has 0 heterocycles. The van der Waals surface area contributed by atoms with Crippen molar-refractivity contribution >= 4 is 35.0 Å². The van der Waals surface area contributed by atoms with Gasteiger partial charge in [-0.3, -0.25) is 33.8 Å². The van der Waals surface area contributed by atoms with Crippen molar-refractivity contribution in [3.8, 4) is 11.5 Å². The number of rotatable bonds is 7. The van der Waals surface area contributed by atoms with Gasteiger partial charge in [-0.05, 0) is 113 Å². The van der Waals surface area contributed by atoms with Crippen LogP contribution in [0, 0.1) is 23.7 Å². The number of fused-ring (bicyclic) bond motifs is 6. The summed E-state index contributed by atoms with van der Waals surface area (Å²) >= 11 is 0. The number of benzene rings is 2. The fourth-order valence-electron chi connectivity index (χ4n) is 11.3. The van der Waals surface area contributed by atoms with Crippen LogP contribution in [-0.2, 0) is 44.9 Å². The first kappa shape index (κ1) is 42.4. The van der Waals surface area contributed by atoms with Crippen molar-refractivity contribution in [3.63, 3.8) is 0 Å². The Balaban J connectivity index is 1.15. The average molecular weight is 856 g/mol. The number of hydrogen-bond donors (Lipinski definition) is 10. The van der Waals surface area contributed by atoms with Gasteiger partial charge >= 0.3 is 5.97 Å². The maximum Gasteiger partial charge on any atom is 0.342 e. The Morgan fingerprint density at radius 3 is 1.37 bits per heavy atom. The summed E-state index contributed by atoms with van der Waals surface area (Å²) in [7, 11) is 6.05. The molecule has 0 aromatic heterocycles. The number of carboxylic acids is 1. The Kier molecular flexibility index (Phi) is 9.63. The molecule has 6 aliphatic rings. The predicted octanol–water partition coefficient (Wildman–Crippen LogP) is 0.939. The van der Waals surface area contributed by atoms with Gasteiger partial charge in [0.1, 0.15) is 45.7 Å². The monoisotopic (exact) mass is 855 g/mol. The van der Waals surface area contributed by atoms with E-state index >= 15 is 0 Å². The van der Waals surface area contributed by atoms with Crippen molar-refractivity contribution in [1.29, 1.82) is 0 Å². The van der Waals surface area contributed by atoms with E-state index in [0.717, 1.165) is 0 Å². The van der Waals surface area contributed by atoms with Crippen LogP contribution in [0.15, 0.2) is 69.6 Å². The molecule has 0 fully saturated rings. The quantitative estimate of drug-likeness (QED) is 0.173. The highest BCUT2D eigenvalue weighted by Gasteiger charge is 2.65. The number of aromatic hydroxyl groups is 2. The number of phenolic OH excluding ortho intramolecular Hbond substituents is 2. The van der Waals surface area contributed by atoms with Crippen molar-refractivity contribution in [2.45, 2.75) is 61.8 Å². The number of nitrogens with zero attached hydrogens (tertiary/aromatic N) is 2. The van der Waals surface area contributed by atoms with E-state index in [0.29, 0.717) is 22.3 Å². The van der Waals surface area contributed by atoms with Gasteiger partial charge in [0.15, 0.2) is 22.8 Å². The molecule has 2 aromatic carbocycles. The third-order valence-electron chi connectivity index (χ3n) is 14.0. The second-order valence-electron chi connectivity index (χ2n) is 17.6. The smallest absolute Gasteiger partial charge is 0.342 e. The number of carbonyl (C=O) groups excluding carboxylic acids is 5. The fraction of sp³-hybridized carbons (Fsp3) is 0.409. The number of ketones is 4. The Hall–Kier alpha value is -6.34. The number of primary amides is 1. The van der Waals surface area contributed by atoms with Crippen molar-refractivity contribution in [2.24, 2.45) is 29.4 Å². The van der Waals surface area contributed by atoms with Gasteiger partial charge in [0.2, 0.25) is 11.6 Å². The molecule has 8 rings (SSSR count). The van der Waals surface area contributed by atoms with E-state index in [1.165, 1.54) is 50.1 Å². The lowest BCUT2D eigenvalue weighted by Crippen LogP contribution is -2.63. The zero-order chi connectivity index (χ0) is 45.4. The highest BCUT2D eigenvalue weighted by Crippen LogP contribution is 2.54. The molecule has 8 atom stereocenters. The molecule has 18 nitrogen and oxygen atoms in total. The molecule has 0 unspecified atom stereocenters. The molecule has 18 heteroatoms. The molecule has 326 valence electrons. The largest absolute Gasteiger partial charge is 0.510 e. The number of likely N-dealkylation sites (N-methyl/N-ethyl adjacent to an activating group) is 2. The highest BCUT2D eigenvalue weighted by atomic mass is 16.4. The molecule has 6 aliphatic carbocycles. The number of Topliss-reactive ketones (excluding diaryl/α,β-unsaturated/α-hetero) is 4. The van der Waals surface area contributed by atoms with Crippen LogP contribution in [-0.4, -0.2) is 142 Å². The maximum atomic E-state index is 14.3. The maximum absolute atomic E-state index is 14.3. The second-order valence-corrected chi connectivity index (χ2v) is 17.6. The van der Waals surface area contributed by atoms with E-state index < -0.39 is 128 Å². The Labute approximate surface area is 352 Å². The molecule has 0 radical (unpaired) electrons. The minimum absolute atomic E-state index is 0.0257. The summed E-state index contributed by atoms with van der Waals surface area (Å²) < 4.78 is 0. The summed E-state index contributed by atoms with van der Waals surface area (Å²) in [6, 6.07) is 3.38. The van der Waals surface area contributed by atoms with Crippen LogP contribution in [0.2, 0.25) is 0 Å². The molecular weight excluding hydrogens is 810 g/mol. The predicted molar refractivity (Wildman–Crippen MR) is 213 cm³/mol. The molecule has 0 saturated heterocycles. The number of aliphatic hydroxyl groups is 6. The third kappa shape index (κ3) is 5.49. The Bertz CT molecular complexity index is 2440. The minimum atomic E-state index is -2.87. The van der Waals surface area contributed by atoms with Crippen LogP contribution in [0.5, 0.6) is 11.5 Å². The fourth-order valence-corrected chi connectivity index (χ4v) is 11.3. The molecule has 0 aliphatic heterocycles. The van der Waals surface area contributed by atoms with Crippen molar-refractivity contribution in [2.75, 3.05) is 28.2 Å². The van der Waals surface area contributed by atoms with Crippen LogP contribution in [0.1, 0.15) is 55.8 Å². The second kappa shape index (κ2) is 14.1. The molecule has 0 saturated carbocycles. The van der Waals surface area contributed by atoms with E-state index in [1.54, 1.807) is 12.1 Å². The number of aryl methyl sites for hydroxylation is 2. The normalized spacial score (nSPS) is 30.6. The summed E-state index contributed by atoms with van der Waals surface area (Å²) in [6.45, 7) is 0. The van der Waals surface area contributed by atoms with Gasteiger partial charge in [-0.25, -0.2) is 4.79 Å². The average Bonchev–Trinajstić information content (AvgIpc) is 3.17. The molecule has 1 amide bonds. The van der Waals surface area contributed by atoms with E-state index in [1.807, 2.05) is 0 Å². The van der Waals surface area contributed by atoms with Gasteiger partial charge in [0.25, 0.3) is 5.91 Å². The van der Waals surface area contributed by atoms with E-state index in [2.05, 4.69) is 0 Å². The summed E-state index contributed by atoms with van der Waals surface area (Å²) in [6.07, 6.45) is 0.209. The van der Waals surface area contributed by atoms with Crippen molar-refractivity contribution in [3.05, 3.63) is 103 Å². The number of phenols is 2. The summed E-state index contributed by atoms with van der Waals surface area (Å²) in [5.41, 5.74) is -1.32. The Morgan fingerprint density at radius 2 is 1.02 bits per heavy atom. The number of aliphatic carboxylic acids is 1. The lowest BCUT2D eigenvalue weighted by atomic mass is 9.58. The van der Waals surface area contributed by atoms with Gasteiger partial charge in [-0.2, -0.15) is 0 Å². The first-order valence-corrected chi connectivity index (χ1v) is 19.9. The lowest BCUT2D eigenvalue weighted by Gasteiger charge is -2.50. The number of amides is 1. The minimum Gasteiger partial charge on any atom is -0.510 e. The van der Waals surface area contributed by atoms with E-state index in [-0.39, 0.29) is 60.8 Å². The number of nitrogens with two attached hydrogens (primary N) is 1. The SMILES string of the molecule is CN(C)[C@@H]1C(O)=C(C(N)=O)C(=O)[C@@]2(O)C(O)=C3C(=O)c4c(O)ccc(CCc5ccc(O)c6c5C[C@H]5C[C@H]7[C@H](N(C)C)C(O)=C(C(=O)O)C(=O)[C@@]7(O)C(O)=C5C6=O)c4C[C@H]3C[C@@H]12. The lowest BCUT2D eigenvalue weighted by molar-refractivity contribution is -0.151. The first-order chi connectivity index (χ1) is 29.0. The molecule has 11 N–H and O–H groups in total. The number of allylic oxidation sites excluding steroid dienone is 2. The van der Waals surface area contributed by atoms with Crippen molar-refractivity contribution < 1.29 is 74.7 Å². The standard InChI is InChI=1S/C44H45N3O15/c1-46(2)31-21-13-17-11-19-15(7-9-23(48)27(19)33(50)25(17)37(54)43(21,61)39(56)29(35(31)52)41(45)58)5-6-16-8-10-24(49)28-20(16)12-18-14-22-32(47(3)4)36(53)30(42(59)60)40(57)44(22,62)38(55)26(18)34(28)51/h7-10,17-18,21-22,31-32,48-49,52-55,61-62H,5-6,11-14H2,1-4H3,(H2,45,58)(H,59,60)/t17-,18-,21-,22-,31-,32-,43-,44-/m0/s1. The van der Waals surface area contributed by atoms with Crippen LogP contribution in [0.4, 0.5) is 0 Å². The topological polar surface area (TPSA) is 317 Å². The zero-order valence-electron chi connectivity index (χ0n) is 34.0. The molecule has 0 spiro atoms. The highest BCUT2D eigenvalue weighted by molar-refractivity contribution is 6.25. The van der Waals surface area contributed by atoms with Crippen molar-refractivity contribution in [1.82, 2.24) is 9.80 Å². The van der Waals surface area contributed by atoms with Gasteiger partial charge in [-0.15, -0.1) is 0 Å². The van der Waals surface area contributed by atoms with Gasteiger partial charge in [0, 0.05) is 23.0 Å². The Morgan fingerprint density at radius 1 is 0.645 bits per heavy atom. The number of carbonyl (C=O) groups is 6. The van der Waals surface area contributed by atoms with Crippen LogP contribution < -0.4 is 5.73 Å². The van der Waals surface area contributed by atoms with E-state index in [4.69, 9.17) is 5.73 Å². The first-order valence-electron chi connectivity index (χ1n) is 19.9. The number of carboxylic acid groups (broad SMARTS) is 1. The molecular formula is C44H45N3O15. The molecule has 2 aromatic rings.